The van der Waals surface area contributed by atoms with Crippen molar-refractivity contribution in [3.63, 3.8) is 0 Å². The van der Waals surface area contributed by atoms with Gasteiger partial charge in [0.05, 0.1) is 0 Å². The average Bonchev–Trinajstić information content (AvgIpc) is 3.39. The van der Waals surface area contributed by atoms with E-state index in [1.54, 1.807) is 0 Å². The van der Waals surface area contributed by atoms with Gasteiger partial charge in [-0.15, -0.1) is 0 Å². The Morgan fingerprint density at radius 3 is 0.863 bits per heavy atom. The Morgan fingerprint density at radius 1 is 0.288 bits per heavy atom. The molecule has 0 saturated carbocycles. The summed E-state index contributed by atoms with van der Waals surface area (Å²) in [6.07, 6.45) is 86.6. The molecule has 73 heavy (non-hydrogen) atoms. The Hall–Kier alpha value is -4.97. The molecule has 0 heterocycles. The Bertz CT molecular complexity index is 1670. The Kier molecular flexibility index (Phi) is 55.5. The van der Waals surface area contributed by atoms with Crippen molar-refractivity contribution in [1.82, 2.24) is 0 Å². The maximum atomic E-state index is 12.9. The van der Waals surface area contributed by atoms with Crippen LogP contribution in [0.5, 0.6) is 0 Å². The van der Waals surface area contributed by atoms with Gasteiger partial charge in [0.1, 0.15) is 13.2 Å². The normalized spacial score (nSPS) is 13.3. The minimum atomic E-state index is -0.840. The number of ether oxygens (including phenoxy) is 3. The van der Waals surface area contributed by atoms with Gasteiger partial charge >= 0.3 is 17.9 Å². The van der Waals surface area contributed by atoms with E-state index in [1.165, 1.54) is 51.4 Å². The summed E-state index contributed by atoms with van der Waals surface area (Å²) >= 11 is 0. The summed E-state index contributed by atoms with van der Waals surface area (Å²) in [5.41, 5.74) is 0. The van der Waals surface area contributed by atoms with E-state index >= 15 is 0 Å². The van der Waals surface area contributed by atoms with Gasteiger partial charge in [-0.3, -0.25) is 14.4 Å². The summed E-state index contributed by atoms with van der Waals surface area (Å²) < 4.78 is 16.8. The minimum absolute atomic E-state index is 0.133. The van der Waals surface area contributed by atoms with Gasteiger partial charge in [0.2, 0.25) is 0 Å². The van der Waals surface area contributed by atoms with Crippen molar-refractivity contribution in [2.45, 2.75) is 232 Å². The van der Waals surface area contributed by atoms with Crippen molar-refractivity contribution in [3.8, 4) is 0 Å². The van der Waals surface area contributed by atoms with E-state index in [9.17, 15) is 14.4 Å². The second-order valence-electron chi connectivity index (χ2n) is 18.5. The monoisotopic (exact) mass is 1000 g/mol. The van der Waals surface area contributed by atoms with Crippen LogP contribution in [0.1, 0.15) is 226 Å². The smallest absolute Gasteiger partial charge is 0.306 e. The number of rotatable bonds is 50. The van der Waals surface area contributed by atoms with E-state index in [2.05, 4.69) is 179 Å². The summed E-state index contributed by atoms with van der Waals surface area (Å²) in [7, 11) is 0. The lowest BCUT2D eigenvalue weighted by atomic mass is 10.1. The van der Waals surface area contributed by atoms with Gasteiger partial charge in [-0.1, -0.05) is 217 Å². The highest BCUT2D eigenvalue weighted by Crippen LogP contribution is 2.11. The number of allylic oxidation sites excluding steroid dienone is 26. The number of hydrogen-bond acceptors (Lipinski definition) is 6. The van der Waals surface area contributed by atoms with Crippen molar-refractivity contribution in [2.75, 3.05) is 13.2 Å². The maximum Gasteiger partial charge on any atom is 0.306 e. The van der Waals surface area contributed by atoms with Crippen LogP contribution in [-0.4, -0.2) is 37.2 Å². The fraction of sp³-hybridized carbons (Fsp3) is 0.567. The van der Waals surface area contributed by atoms with E-state index in [1.807, 2.05) is 0 Å². The van der Waals surface area contributed by atoms with Crippen LogP contribution in [0.2, 0.25) is 0 Å². The molecule has 0 spiro atoms. The Balaban J connectivity index is 4.63. The molecule has 0 aliphatic heterocycles. The quantitative estimate of drug-likeness (QED) is 0.0261. The first-order chi connectivity index (χ1) is 36.0. The lowest BCUT2D eigenvalue weighted by Gasteiger charge is -2.18. The zero-order valence-corrected chi connectivity index (χ0v) is 46.6. The van der Waals surface area contributed by atoms with E-state index < -0.39 is 6.10 Å². The fourth-order valence-electron chi connectivity index (χ4n) is 7.15. The minimum Gasteiger partial charge on any atom is -0.462 e. The van der Waals surface area contributed by atoms with Crippen molar-refractivity contribution in [2.24, 2.45) is 0 Å². The second kappa shape index (κ2) is 59.6. The van der Waals surface area contributed by atoms with E-state index in [0.29, 0.717) is 19.3 Å². The molecule has 0 radical (unpaired) electrons. The molecular weight excluding hydrogens is 901 g/mol. The summed E-state index contributed by atoms with van der Waals surface area (Å²) in [4.78, 5) is 38.2. The van der Waals surface area contributed by atoms with Crippen molar-refractivity contribution < 1.29 is 28.6 Å². The maximum absolute atomic E-state index is 12.9. The van der Waals surface area contributed by atoms with Gasteiger partial charge < -0.3 is 14.2 Å². The largest absolute Gasteiger partial charge is 0.462 e. The van der Waals surface area contributed by atoms with Crippen molar-refractivity contribution in [3.05, 3.63) is 158 Å². The highest BCUT2D eigenvalue weighted by Gasteiger charge is 2.19. The molecule has 0 unspecified atom stereocenters. The van der Waals surface area contributed by atoms with Gasteiger partial charge in [0, 0.05) is 19.3 Å². The number of hydrogen-bond donors (Lipinski definition) is 0. The number of carbonyl (C=O) groups excluding carboxylic acids is 3. The highest BCUT2D eigenvalue weighted by atomic mass is 16.6. The third-order valence-electron chi connectivity index (χ3n) is 11.5. The third-order valence-corrected chi connectivity index (χ3v) is 11.5. The molecule has 0 aromatic rings. The van der Waals surface area contributed by atoms with E-state index in [4.69, 9.17) is 14.2 Å². The predicted molar refractivity (Wildman–Crippen MR) is 315 cm³/mol. The zero-order valence-electron chi connectivity index (χ0n) is 46.6. The van der Waals surface area contributed by atoms with Crippen LogP contribution in [0.15, 0.2) is 158 Å². The van der Waals surface area contributed by atoms with Crippen LogP contribution in [0.4, 0.5) is 0 Å². The second-order valence-corrected chi connectivity index (χ2v) is 18.5. The molecule has 0 rings (SSSR count). The lowest BCUT2D eigenvalue weighted by molar-refractivity contribution is -0.167. The summed E-state index contributed by atoms with van der Waals surface area (Å²) in [6, 6.07) is 0. The topological polar surface area (TPSA) is 78.9 Å². The van der Waals surface area contributed by atoms with Crippen LogP contribution in [0, 0.1) is 0 Å². The molecule has 0 fully saturated rings. The molecule has 0 aromatic carbocycles. The molecule has 0 N–H and O–H groups in total. The number of unbranched alkanes of at least 4 members (excludes halogenated alkanes) is 13. The summed E-state index contributed by atoms with van der Waals surface area (Å²) in [6.45, 7) is 6.35. The molecule has 0 saturated heterocycles. The van der Waals surface area contributed by atoms with Gasteiger partial charge in [0.25, 0.3) is 0 Å². The Labute approximate surface area is 448 Å². The molecule has 0 bridgehead atoms. The molecule has 6 heteroatoms. The van der Waals surface area contributed by atoms with Gasteiger partial charge in [0.15, 0.2) is 6.10 Å². The first-order valence-corrected chi connectivity index (χ1v) is 29.0. The molecule has 408 valence electrons. The zero-order chi connectivity index (χ0) is 52.9. The van der Waals surface area contributed by atoms with Crippen molar-refractivity contribution in [1.29, 1.82) is 0 Å². The van der Waals surface area contributed by atoms with Crippen LogP contribution in [0.25, 0.3) is 0 Å². The van der Waals surface area contributed by atoms with E-state index in [0.717, 1.165) is 122 Å². The average molecular weight is 1010 g/mol. The lowest BCUT2D eigenvalue weighted by Crippen LogP contribution is -2.30. The summed E-state index contributed by atoms with van der Waals surface area (Å²) in [5.74, 6) is -1.06. The molecule has 1 atom stereocenters. The first-order valence-electron chi connectivity index (χ1n) is 29.0. The van der Waals surface area contributed by atoms with Gasteiger partial charge in [-0.05, 0) is 148 Å². The first kappa shape index (κ1) is 68.0. The van der Waals surface area contributed by atoms with Crippen LogP contribution in [0.3, 0.4) is 0 Å². The highest BCUT2D eigenvalue weighted by molar-refractivity contribution is 5.71. The van der Waals surface area contributed by atoms with Crippen LogP contribution < -0.4 is 0 Å². The molecular formula is C67H104O6. The van der Waals surface area contributed by atoms with Crippen LogP contribution >= 0.6 is 0 Å². The van der Waals surface area contributed by atoms with E-state index in [-0.39, 0.29) is 44.0 Å². The van der Waals surface area contributed by atoms with Gasteiger partial charge in [-0.25, -0.2) is 0 Å². The Morgan fingerprint density at radius 2 is 0.548 bits per heavy atom. The standard InChI is InChI=1S/C67H104O6/c1-4-7-10-13-16-19-22-25-28-31-33-36-39-42-45-48-51-54-57-60-66(69)72-63-64(62-71-65(68)59-56-53-50-47-44-41-38-35-30-27-24-21-18-15-12-9-6-3)73-67(70)61-58-55-52-49-46-43-40-37-34-32-29-26-23-20-17-14-11-8-5-2/h8,11,16-21,25-30,33-34,36-38,41-43,45-47,50,64H,4-7,9-10,12-15,22-24,31-32,35,39-40,44,48-49,51-63H2,1-3H3/b11-8-,19-16-,20-17-,21-18-,28-25-,29-26-,30-27-,36-33-,37-34-,41-38-,45-42-,46-43-,50-47-/t64-/m0/s1. The summed E-state index contributed by atoms with van der Waals surface area (Å²) in [5, 5.41) is 0. The number of esters is 3. The van der Waals surface area contributed by atoms with Crippen molar-refractivity contribution >= 4 is 17.9 Å². The molecule has 0 aliphatic carbocycles. The number of carbonyl (C=O) groups is 3. The van der Waals surface area contributed by atoms with Gasteiger partial charge in [-0.2, -0.15) is 0 Å². The molecule has 0 amide bonds. The predicted octanol–water partition coefficient (Wildman–Crippen LogP) is 19.8. The molecule has 0 aromatic heterocycles. The molecule has 0 aliphatic rings. The molecule has 6 nitrogen and oxygen atoms in total. The fourth-order valence-corrected chi connectivity index (χ4v) is 7.15. The third kappa shape index (κ3) is 57.8. The van der Waals surface area contributed by atoms with Crippen LogP contribution in [-0.2, 0) is 28.6 Å². The SMILES string of the molecule is CC/C=C\C/C=C\C/C=C\C/C=C\C/C=C\CCCCCC(=O)O[C@@H](COC(=O)CCC/C=C\C/C=C\C/C=C\C/C=C\CCCCC)COC(=O)CCCCC/C=C\C/C=C\C/C=C\C/C=C\CCCCC.